The highest BCUT2D eigenvalue weighted by Crippen LogP contribution is 2.50. The summed E-state index contributed by atoms with van der Waals surface area (Å²) in [5, 5.41) is 12.2. The van der Waals surface area contributed by atoms with Crippen LogP contribution in [0.25, 0.3) is 11.6 Å². The van der Waals surface area contributed by atoms with E-state index >= 15 is 0 Å². The Morgan fingerprint density at radius 1 is 0.909 bits per heavy atom. The van der Waals surface area contributed by atoms with E-state index in [-0.39, 0.29) is 22.5 Å². The van der Waals surface area contributed by atoms with E-state index in [1.54, 1.807) is 24.3 Å². The lowest BCUT2D eigenvalue weighted by Crippen LogP contribution is -2.17. The maximum absolute atomic E-state index is 12.5. The van der Waals surface area contributed by atoms with Gasteiger partial charge in [0.2, 0.25) is 0 Å². The highest BCUT2D eigenvalue weighted by Gasteiger charge is 2.42. The van der Waals surface area contributed by atoms with Gasteiger partial charge in [-0.3, -0.25) is 4.79 Å². The summed E-state index contributed by atoms with van der Waals surface area (Å²) in [5.74, 6) is -0.00218. The lowest BCUT2D eigenvalue weighted by Gasteiger charge is -2.22. The van der Waals surface area contributed by atoms with Crippen molar-refractivity contribution in [1.82, 2.24) is 0 Å². The maximum Gasteiger partial charge on any atom is 0.255 e. The van der Waals surface area contributed by atoms with Crippen molar-refractivity contribution in [1.29, 1.82) is 0 Å². The quantitative estimate of drug-likeness (QED) is 0.327. The number of hydrogen-bond acceptors (Lipinski definition) is 2. The fourth-order valence-corrected chi connectivity index (χ4v) is 5.35. The summed E-state index contributed by atoms with van der Waals surface area (Å²) < 4.78 is 0. The molecule has 1 amide bonds. The summed E-state index contributed by atoms with van der Waals surface area (Å²) in [4.78, 5) is 12.5. The number of benzene rings is 3. The highest BCUT2D eigenvalue weighted by molar-refractivity contribution is 6.04. The third kappa shape index (κ3) is 4.59. The van der Waals surface area contributed by atoms with Crippen molar-refractivity contribution in [3.8, 4) is 5.75 Å². The molecule has 0 heterocycles. The van der Waals surface area contributed by atoms with Gasteiger partial charge < -0.3 is 10.4 Å². The average molecular weight is 440 g/mol. The van der Waals surface area contributed by atoms with E-state index in [1.165, 1.54) is 27.8 Å². The molecule has 0 fully saturated rings. The molecule has 3 aromatic carbocycles. The molecule has 4 rings (SSSR count). The SMILES string of the molecule is C/C(=C\c1ccc(C(=O)Nc2ccc(O)cc2)cc1)c1cc2c(cc1C)C(C)(C)CC2(C)C. The van der Waals surface area contributed by atoms with Crippen molar-refractivity contribution in [3.05, 3.63) is 94.0 Å². The third-order valence-electron chi connectivity index (χ3n) is 6.81. The highest BCUT2D eigenvalue weighted by atomic mass is 16.3. The van der Waals surface area contributed by atoms with Crippen LogP contribution in [0.3, 0.4) is 0 Å². The van der Waals surface area contributed by atoms with Gasteiger partial charge in [-0.15, -0.1) is 0 Å². The molecule has 0 aliphatic heterocycles. The number of anilines is 1. The van der Waals surface area contributed by atoms with Crippen molar-refractivity contribution >= 4 is 23.2 Å². The van der Waals surface area contributed by atoms with E-state index in [2.05, 4.69) is 65.1 Å². The molecule has 0 saturated carbocycles. The number of rotatable bonds is 4. The standard InChI is InChI=1S/C30H33NO2/c1-19(25-17-27-26(16-20(25)2)29(3,4)18-30(27,5)6)15-21-7-9-22(10-8-21)28(33)31-23-11-13-24(32)14-12-23/h7-17,32H,18H2,1-6H3,(H,31,33)/b19-15+. The lowest BCUT2D eigenvalue weighted by atomic mass is 9.82. The fourth-order valence-electron chi connectivity index (χ4n) is 5.35. The zero-order valence-electron chi connectivity index (χ0n) is 20.4. The molecular weight excluding hydrogens is 406 g/mol. The van der Waals surface area contributed by atoms with Crippen LogP contribution in [0.5, 0.6) is 5.75 Å². The van der Waals surface area contributed by atoms with E-state index < -0.39 is 0 Å². The zero-order valence-corrected chi connectivity index (χ0v) is 20.4. The molecule has 2 N–H and O–H groups in total. The summed E-state index contributed by atoms with van der Waals surface area (Å²) in [7, 11) is 0. The molecule has 1 aliphatic rings. The second kappa shape index (κ2) is 8.22. The van der Waals surface area contributed by atoms with Crippen LogP contribution in [0, 0.1) is 6.92 Å². The molecule has 33 heavy (non-hydrogen) atoms. The first-order chi connectivity index (χ1) is 15.5. The van der Waals surface area contributed by atoms with Crippen LogP contribution in [0.15, 0.2) is 60.7 Å². The van der Waals surface area contributed by atoms with E-state index in [1.807, 2.05) is 24.3 Å². The van der Waals surface area contributed by atoms with Gasteiger partial charge in [-0.1, -0.05) is 58.0 Å². The van der Waals surface area contributed by atoms with Crippen LogP contribution in [0.1, 0.15) is 79.2 Å². The minimum absolute atomic E-state index is 0.172. The minimum atomic E-state index is -0.174. The Balaban J connectivity index is 1.56. The largest absolute Gasteiger partial charge is 0.508 e. The molecule has 1 aliphatic carbocycles. The zero-order chi connectivity index (χ0) is 24.0. The number of aromatic hydroxyl groups is 1. The van der Waals surface area contributed by atoms with Crippen molar-refractivity contribution in [2.24, 2.45) is 0 Å². The van der Waals surface area contributed by atoms with Gasteiger partial charge in [-0.2, -0.15) is 0 Å². The lowest BCUT2D eigenvalue weighted by molar-refractivity contribution is 0.102. The number of phenols is 1. The molecule has 0 bridgehead atoms. The number of phenolic OH excluding ortho intramolecular Hbond substituents is 1. The Bertz CT molecular complexity index is 1230. The second-order valence-corrected chi connectivity index (χ2v) is 10.6. The van der Waals surface area contributed by atoms with Gasteiger partial charge in [0.15, 0.2) is 0 Å². The van der Waals surface area contributed by atoms with E-state index in [0.29, 0.717) is 11.3 Å². The molecule has 0 atom stereocenters. The monoisotopic (exact) mass is 439 g/mol. The van der Waals surface area contributed by atoms with Crippen LogP contribution in [-0.2, 0) is 10.8 Å². The molecule has 0 aromatic heterocycles. The van der Waals surface area contributed by atoms with Crippen LogP contribution < -0.4 is 5.32 Å². The number of amides is 1. The van der Waals surface area contributed by atoms with Crippen LogP contribution >= 0.6 is 0 Å². The first-order valence-electron chi connectivity index (χ1n) is 11.5. The number of carbonyl (C=O) groups excluding carboxylic acids is 1. The van der Waals surface area contributed by atoms with E-state index in [0.717, 1.165) is 12.0 Å². The molecular formula is C30H33NO2. The Morgan fingerprint density at radius 3 is 2.09 bits per heavy atom. The molecule has 170 valence electrons. The number of hydrogen-bond donors (Lipinski definition) is 2. The number of aryl methyl sites for hydroxylation is 1. The van der Waals surface area contributed by atoms with Gasteiger partial charge in [-0.25, -0.2) is 0 Å². The molecule has 0 spiro atoms. The van der Waals surface area contributed by atoms with Gasteiger partial charge in [0.05, 0.1) is 0 Å². The van der Waals surface area contributed by atoms with Crippen LogP contribution in [-0.4, -0.2) is 11.0 Å². The Hall–Kier alpha value is -3.33. The second-order valence-electron chi connectivity index (χ2n) is 10.6. The third-order valence-corrected chi connectivity index (χ3v) is 6.81. The van der Waals surface area contributed by atoms with E-state index in [4.69, 9.17) is 0 Å². The molecule has 3 nitrogen and oxygen atoms in total. The first kappa shape index (κ1) is 22.8. The molecule has 0 unspecified atom stereocenters. The normalized spacial score (nSPS) is 16.4. The van der Waals surface area contributed by atoms with Gasteiger partial charge >= 0.3 is 0 Å². The first-order valence-corrected chi connectivity index (χ1v) is 11.5. The van der Waals surface area contributed by atoms with Crippen molar-refractivity contribution in [3.63, 3.8) is 0 Å². The summed E-state index contributed by atoms with van der Waals surface area (Å²) in [6.07, 6.45) is 3.35. The van der Waals surface area contributed by atoms with Crippen molar-refractivity contribution < 1.29 is 9.90 Å². The predicted molar refractivity (Wildman–Crippen MR) is 138 cm³/mol. The topological polar surface area (TPSA) is 49.3 Å². The molecule has 3 aromatic rings. The number of carbonyl (C=O) groups is 1. The smallest absolute Gasteiger partial charge is 0.255 e. The summed E-state index contributed by atoms with van der Waals surface area (Å²) in [6, 6.07) is 18.9. The summed E-state index contributed by atoms with van der Waals surface area (Å²) in [5.41, 5.74) is 9.43. The molecule has 3 heteroatoms. The van der Waals surface area contributed by atoms with Gasteiger partial charge in [0, 0.05) is 11.3 Å². The Labute approximate surface area is 197 Å². The Kier molecular flexibility index (Phi) is 5.69. The van der Waals surface area contributed by atoms with Gasteiger partial charge in [0.25, 0.3) is 5.91 Å². The maximum atomic E-state index is 12.5. The number of allylic oxidation sites excluding steroid dienone is 1. The fraction of sp³-hybridized carbons (Fsp3) is 0.300. The number of fused-ring (bicyclic) bond motifs is 1. The van der Waals surface area contributed by atoms with Gasteiger partial charge in [-0.05, 0) is 101 Å². The van der Waals surface area contributed by atoms with Gasteiger partial charge in [0.1, 0.15) is 5.75 Å². The predicted octanol–water partition coefficient (Wildman–Crippen LogP) is 7.47. The van der Waals surface area contributed by atoms with Crippen LogP contribution in [0.2, 0.25) is 0 Å². The van der Waals surface area contributed by atoms with E-state index in [9.17, 15) is 9.90 Å². The average Bonchev–Trinajstić information content (AvgIpc) is 2.92. The van der Waals surface area contributed by atoms with Crippen molar-refractivity contribution in [2.75, 3.05) is 5.32 Å². The van der Waals surface area contributed by atoms with Crippen molar-refractivity contribution in [2.45, 2.75) is 58.8 Å². The minimum Gasteiger partial charge on any atom is -0.508 e. The summed E-state index contributed by atoms with van der Waals surface area (Å²) in [6.45, 7) is 13.8. The molecule has 0 saturated heterocycles. The van der Waals surface area contributed by atoms with Crippen LogP contribution in [0.4, 0.5) is 5.69 Å². The number of nitrogens with one attached hydrogen (secondary N) is 1. The summed E-state index contributed by atoms with van der Waals surface area (Å²) >= 11 is 0. The molecule has 0 radical (unpaired) electrons. The Morgan fingerprint density at radius 2 is 1.48 bits per heavy atom.